The highest BCUT2D eigenvalue weighted by atomic mass is 35.5. The summed E-state index contributed by atoms with van der Waals surface area (Å²) in [6.07, 6.45) is 0. The monoisotopic (exact) mass is 386 g/mol. The number of nitrogens with zero attached hydrogens (tertiary/aromatic N) is 2. The Bertz CT molecular complexity index is 1100. The highest BCUT2D eigenvalue weighted by Gasteiger charge is 2.11. The van der Waals surface area contributed by atoms with Crippen molar-refractivity contribution in [3.05, 3.63) is 102 Å². The van der Waals surface area contributed by atoms with E-state index in [0.717, 1.165) is 16.7 Å². The molecule has 0 aliphatic heterocycles. The third-order valence-corrected chi connectivity index (χ3v) is 4.42. The van der Waals surface area contributed by atoms with E-state index in [1.165, 1.54) is 0 Å². The molecule has 1 aromatic heterocycles. The van der Waals surface area contributed by atoms with Gasteiger partial charge in [-0.2, -0.15) is 0 Å². The van der Waals surface area contributed by atoms with Crippen molar-refractivity contribution in [3.8, 4) is 28.3 Å². The highest BCUT2D eigenvalue weighted by Crippen LogP contribution is 2.24. The molecule has 0 saturated carbocycles. The molecular weight excluding hydrogens is 372 g/mol. The van der Waals surface area contributed by atoms with Crippen molar-refractivity contribution >= 4 is 17.6 Å². The molecule has 0 aliphatic rings. The number of benzene rings is 3. The van der Waals surface area contributed by atoms with E-state index in [-0.39, 0.29) is 5.88 Å². The van der Waals surface area contributed by atoms with Gasteiger partial charge in [0.2, 0.25) is 5.88 Å². The first kappa shape index (κ1) is 17.9. The Kier molecular flexibility index (Phi) is 5.13. The summed E-state index contributed by atoms with van der Waals surface area (Å²) in [6.45, 7) is 0. The van der Waals surface area contributed by atoms with Gasteiger partial charge in [0, 0.05) is 16.7 Å². The molecule has 0 atom stereocenters. The number of hydrogen-bond donors (Lipinski definition) is 0. The third kappa shape index (κ3) is 4.08. The molecule has 0 aliphatic carbocycles. The number of carbonyl (C=O) groups is 1. The summed E-state index contributed by atoms with van der Waals surface area (Å²) in [6, 6.07) is 28.2. The zero-order chi connectivity index (χ0) is 19.3. The predicted molar refractivity (Wildman–Crippen MR) is 109 cm³/mol. The first-order chi connectivity index (χ1) is 13.7. The van der Waals surface area contributed by atoms with E-state index in [9.17, 15) is 4.79 Å². The SMILES string of the molecule is O=C(Oc1ccc(-c2ccc(-c3ccccc3)cc2)nn1)c1cccc(Cl)c1. The van der Waals surface area contributed by atoms with E-state index in [1.807, 2.05) is 42.5 Å². The fraction of sp³-hybridized carbons (Fsp3) is 0. The molecule has 0 spiro atoms. The molecule has 0 saturated heterocycles. The highest BCUT2D eigenvalue weighted by molar-refractivity contribution is 6.30. The minimum Gasteiger partial charge on any atom is -0.402 e. The average Bonchev–Trinajstić information content (AvgIpc) is 2.75. The van der Waals surface area contributed by atoms with Crippen LogP contribution in [0.2, 0.25) is 5.02 Å². The second kappa shape index (κ2) is 8.03. The van der Waals surface area contributed by atoms with Crippen LogP contribution in [0.4, 0.5) is 0 Å². The van der Waals surface area contributed by atoms with Crippen molar-refractivity contribution in [3.63, 3.8) is 0 Å². The molecule has 5 heteroatoms. The van der Waals surface area contributed by atoms with Crippen LogP contribution in [-0.4, -0.2) is 16.2 Å². The standard InChI is InChI=1S/C23H15ClN2O2/c24-20-8-4-7-19(15-20)23(27)28-22-14-13-21(25-26-22)18-11-9-17(10-12-18)16-5-2-1-3-6-16/h1-15H. The second-order valence-electron chi connectivity index (χ2n) is 6.10. The smallest absolute Gasteiger partial charge is 0.344 e. The minimum absolute atomic E-state index is 0.134. The molecule has 0 bridgehead atoms. The number of aromatic nitrogens is 2. The Morgan fingerprint density at radius 2 is 1.43 bits per heavy atom. The van der Waals surface area contributed by atoms with Gasteiger partial charge in [0.1, 0.15) is 0 Å². The fourth-order valence-corrected chi connectivity index (χ4v) is 2.95. The third-order valence-electron chi connectivity index (χ3n) is 4.19. The van der Waals surface area contributed by atoms with Gasteiger partial charge in [-0.1, -0.05) is 72.3 Å². The van der Waals surface area contributed by atoms with Crippen molar-refractivity contribution in [1.29, 1.82) is 0 Å². The molecule has 3 aromatic carbocycles. The van der Waals surface area contributed by atoms with E-state index in [0.29, 0.717) is 16.3 Å². The van der Waals surface area contributed by atoms with Gasteiger partial charge in [-0.3, -0.25) is 0 Å². The molecule has 0 unspecified atom stereocenters. The molecule has 4 aromatic rings. The molecule has 1 heterocycles. The summed E-state index contributed by atoms with van der Waals surface area (Å²) < 4.78 is 5.25. The maximum Gasteiger partial charge on any atom is 0.344 e. The van der Waals surface area contributed by atoms with Crippen LogP contribution in [-0.2, 0) is 0 Å². The summed E-state index contributed by atoms with van der Waals surface area (Å²) in [5, 5.41) is 8.63. The van der Waals surface area contributed by atoms with Crippen molar-refractivity contribution in [2.24, 2.45) is 0 Å². The lowest BCUT2D eigenvalue weighted by Crippen LogP contribution is -2.09. The Balaban J connectivity index is 1.48. The van der Waals surface area contributed by atoms with Crippen molar-refractivity contribution < 1.29 is 9.53 Å². The number of rotatable bonds is 4. The number of carbonyl (C=O) groups excluding carboxylic acids is 1. The maximum absolute atomic E-state index is 12.1. The zero-order valence-corrected chi connectivity index (χ0v) is 15.5. The van der Waals surface area contributed by atoms with Crippen LogP contribution in [0.5, 0.6) is 5.88 Å². The summed E-state index contributed by atoms with van der Waals surface area (Å²) in [4.78, 5) is 12.1. The van der Waals surface area contributed by atoms with E-state index in [1.54, 1.807) is 36.4 Å². The summed E-state index contributed by atoms with van der Waals surface area (Å²) in [5.74, 6) is -0.397. The van der Waals surface area contributed by atoms with Crippen LogP contribution in [0.1, 0.15) is 10.4 Å². The van der Waals surface area contributed by atoms with Gasteiger partial charge in [-0.15, -0.1) is 10.2 Å². The molecule has 28 heavy (non-hydrogen) atoms. The second-order valence-corrected chi connectivity index (χ2v) is 6.54. The number of halogens is 1. The quantitative estimate of drug-likeness (QED) is 0.423. The van der Waals surface area contributed by atoms with Crippen molar-refractivity contribution in [2.45, 2.75) is 0 Å². The lowest BCUT2D eigenvalue weighted by molar-refractivity contribution is 0.0726. The topological polar surface area (TPSA) is 52.1 Å². The molecule has 0 N–H and O–H groups in total. The Hall–Kier alpha value is -3.50. The minimum atomic E-state index is -0.531. The van der Waals surface area contributed by atoms with Gasteiger partial charge in [0.05, 0.1) is 11.3 Å². The molecule has 4 rings (SSSR count). The van der Waals surface area contributed by atoms with Crippen LogP contribution < -0.4 is 4.74 Å². The lowest BCUT2D eigenvalue weighted by Gasteiger charge is -2.06. The molecule has 0 fully saturated rings. The molecule has 4 nitrogen and oxygen atoms in total. The Morgan fingerprint density at radius 3 is 2.11 bits per heavy atom. The lowest BCUT2D eigenvalue weighted by atomic mass is 10.0. The maximum atomic E-state index is 12.1. The van der Waals surface area contributed by atoms with Gasteiger partial charge in [0.25, 0.3) is 0 Å². The van der Waals surface area contributed by atoms with Crippen LogP contribution in [0.3, 0.4) is 0 Å². The molecular formula is C23H15ClN2O2. The first-order valence-corrected chi connectivity index (χ1v) is 9.04. The van der Waals surface area contributed by atoms with Gasteiger partial charge in [-0.05, 0) is 35.4 Å². The number of esters is 1. The van der Waals surface area contributed by atoms with E-state index < -0.39 is 5.97 Å². The predicted octanol–water partition coefficient (Wildman–Crippen LogP) is 5.68. The van der Waals surface area contributed by atoms with Crippen LogP contribution in [0, 0.1) is 0 Å². The molecule has 136 valence electrons. The van der Waals surface area contributed by atoms with Gasteiger partial charge in [-0.25, -0.2) is 4.79 Å². The van der Waals surface area contributed by atoms with Gasteiger partial charge >= 0.3 is 5.97 Å². The molecule has 0 amide bonds. The van der Waals surface area contributed by atoms with Crippen molar-refractivity contribution in [1.82, 2.24) is 10.2 Å². The van der Waals surface area contributed by atoms with Gasteiger partial charge in [0.15, 0.2) is 0 Å². The normalized spacial score (nSPS) is 10.5. The van der Waals surface area contributed by atoms with Crippen LogP contribution >= 0.6 is 11.6 Å². The van der Waals surface area contributed by atoms with E-state index in [4.69, 9.17) is 16.3 Å². The van der Waals surface area contributed by atoms with Crippen molar-refractivity contribution in [2.75, 3.05) is 0 Å². The van der Waals surface area contributed by atoms with E-state index >= 15 is 0 Å². The number of hydrogen-bond acceptors (Lipinski definition) is 4. The Morgan fingerprint density at radius 1 is 0.714 bits per heavy atom. The van der Waals surface area contributed by atoms with Crippen LogP contribution in [0.15, 0.2) is 91.0 Å². The fourth-order valence-electron chi connectivity index (χ4n) is 2.76. The Labute approximate surface area is 167 Å². The largest absolute Gasteiger partial charge is 0.402 e. The van der Waals surface area contributed by atoms with Crippen LogP contribution in [0.25, 0.3) is 22.4 Å². The molecule has 0 radical (unpaired) electrons. The summed E-state index contributed by atoms with van der Waals surface area (Å²) >= 11 is 5.89. The van der Waals surface area contributed by atoms with E-state index in [2.05, 4.69) is 22.3 Å². The average molecular weight is 387 g/mol. The number of ether oxygens (including phenoxy) is 1. The first-order valence-electron chi connectivity index (χ1n) is 8.66. The van der Waals surface area contributed by atoms with Gasteiger partial charge < -0.3 is 4.74 Å². The zero-order valence-electron chi connectivity index (χ0n) is 14.7. The summed E-state index contributed by atoms with van der Waals surface area (Å²) in [5.41, 5.74) is 4.27. The summed E-state index contributed by atoms with van der Waals surface area (Å²) in [7, 11) is 0.